The summed E-state index contributed by atoms with van der Waals surface area (Å²) in [5.74, 6) is 2.01. The predicted molar refractivity (Wildman–Crippen MR) is 85.0 cm³/mol. The number of nitrogens with zero attached hydrogens (tertiary/aromatic N) is 5. The Morgan fingerprint density at radius 3 is 2.57 bits per heavy atom. The summed E-state index contributed by atoms with van der Waals surface area (Å²) in [4.78, 5) is 17.8. The molecule has 7 nitrogen and oxygen atoms in total. The fourth-order valence-corrected chi connectivity index (χ4v) is 2.39. The lowest BCUT2D eigenvalue weighted by molar-refractivity contribution is 0.301. The number of hydrogen-bond acceptors (Lipinski definition) is 7. The fraction of sp³-hybridized carbons (Fsp3) is 0.786. The van der Waals surface area contributed by atoms with Gasteiger partial charge in [0.1, 0.15) is 0 Å². The van der Waals surface area contributed by atoms with Crippen LogP contribution in [0.25, 0.3) is 0 Å². The van der Waals surface area contributed by atoms with Crippen LogP contribution < -0.4 is 15.1 Å². The second kappa shape index (κ2) is 7.97. The Labute approximate surface area is 126 Å². The van der Waals surface area contributed by atoms with Gasteiger partial charge in [0.15, 0.2) is 0 Å². The molecule has 1 aliphatic heterocycles. The normalized spacial score (nSPS) is 14.5. The molecular formula is C14H26N6O. The number of rotatable bonds is 8. The molecule has 0 aliphatic carbocycles. The van der Waals surface area contributed by atoms with Crippen molar-refractivity contribution in [2.45, 2.75) is 33.1 Å². The Kier molecular flexibility index (Phi) is 5.98. The topological polar surface area (TPSA) is 77.4 Å². The molecule has 2 N–H and O–H groups in total. The third-order valence-corrected chi connectivity index (χ3v) is 3.57. The molecule has 0 atom stereocenters. The highest BCUT2D eigenvalue weighted by Gasteiger charge is 2.19. The van der Waals surface area contributed by atoms with Gasteiger partial charge in [-0.1, -0.05) is 6.92 Å². The molecule has 1 aliphatic rings. The molecule has 118 valence electrons. The summed E-state index contributed by atoms with van der Waals surface area (Å²) in [6, 6.07) is 0. The molecule has 7 heteroatoms. The standard InChI is InChI=1S/C14H26N6O/c1-3-7-15-12-16-13(19(4-2)10-11-21)18-14(17-12)20-8-5-6-9-20/h21H,3-11H2,1-2H3,(H,15,16,17,18). The van der Waals surface area contributed by atoms with Crippen LogP contribution in [-0.2, 0) is 0 Å². The maximum absolute atomic E-state index is 9.18. The number of likely N-dealkylation sites (N-methyl/N-ethyl adjacent to an activating group) is 1. The van der Waals surface area contributed by atoms with E-state index in [4.69, 9.17) is 0 Å². The first-order valence-electron chi connectivity index (χ1n) is 7.89. The Hall–Kier alpha value is -1.63. The van der Waals surface area contributed by atoms with Gasteiger partial charge in [-0.2, -0.15) is 15.0 Å². The van der Waals surface area contributed by atoms with Crippen LogP contribution in [0.5, 0.6) is 0 Å². The summed E-state index contributed by atoms with van der Waals surface area (Å²) in [7, 11) is 0. The van der Waals surface area contributed by atoms with Crippen molar-refractivity contribution in [2.75, 3.05) is 54.4 Å². The molecule has 0 spiro atoms. The molecule has 1 aromatic rings. The molecule has 0 saturated carbocycles. The van der Waals surface area contributed by atoms with E-state index < -0.39 is 0 Å². The average Bonchev–Trinajstić information content (AvgIpc) is 3.04. The molecule has 0 unspecified atom stereocenters. The molecular weight excluding hydrogens is 268 g/mol. The van der Waals surface area contributed by atoms with E-state index in [-0.39, 0.29) is 6.61 Å². The van der Waals surface area contributed by atoms with Gasteiger partial charge in [0, 0.05) is 32.7 Å². The summed E-state index contributed by atoms with van der Waals surface area (Å²) in [5, 5.41) is 12.4. The molecule has 1 aromatic heterocycles. The maximum atomic E-state index is 9.18. The minimum Gasteiger partial charge on any atom is -0.395 e. The molecule has 0 aromatic carbocycles. The molecule has 0 radical (unpaired) electrons. The molecule has 2 heterocycles. The number of hydrogen-bond donors (Lipinski definition) is 2. The third-order valence-electron chi connectivity index (χ3n) is 3.57. The first-order valence-corrected chi connectivity index (χ1v) is 7.89. The predicted octanol–water partition coefficient (Wildman–Crippen LogP) is 1.11. The summed E-state index contributed by atoms with van der Waals surface area (Å²) >= 11 is 0. The largest absolute Gasteiger partial charge is 0.395 e. The lowest BCUT2D eigenvalue weighted by Crippen LogP contribution is -2.30. The molecule has 0 amide bonds. The monoisotopic (exact) mass is 294 g/mol. The molecule has 1 saturated heterocycles. The zero-order chi connectivity index (χ0) is 15.1. The van der Waals surface area contributed by atoms with Crippen molar-refractivity contribution in [1.29, 1.82) is 0 Å². The zero-order valence-electron chi connectivity index (χ0n) is 13.0. The quantitative estimate of drug-likeness (QED) is 0.743. The van der Waals surface area contributed by atoms with Crippen molar-refractivity contribution in [2.24, 2.45) is 0 Å². The van der Waals surface area contributed by atoms with E-state index in [2.05, 4.69) is 32.1 Å². The second-order valence-corrected chi connectivity index (χ2v) is 5.18. The van der Waals surface area contributed by atoms with Crippen molar-refractivity contribution < 1.29 is 5.11 Å². The minimum absolute atomic E-state index is 0.0935. The fourth-order valence-electron chi connectivity index (χ4n) is 2.39. The van der Waals surface area contributed by atoms with Crippen LogP contribution in [0, 0.1) is 0 Å². The van der Waals surface area contributed by atoms with Gasteiger partial charge in [0.05, 0.1) is 6.61 Å². The van der Waals surface area contributed by atoms with Gasteiger partial charge < -0.3 is 20.2 Å². The highest BCUT2D eigenvalue weighted by Crippen LogP contribution is 2.20. The summed E-state index contributed by atoms with van der Waals surface area (Å²) in [5.41, 5.74) is 0. The van der Waals surface area contributed by atoms with Gasteiger partial charge in [-0.05, 0) is 26.2 Å². The van der Waals surface area contributed by atoms with Crippen molar-refractivity contribution in [3.63, 3.8) is 0 Å². The van der Waals surface area contributed by atoms with Gasteiger partial charge in [-0.25, -0.2) is 0 Å². The van der Waals surface area contributed by atoms with E-state index in [1.165, 1.54) is 12.8 Å². The van der Waals surface area contributed by atoms with E-state index in [1.54, 1.807) is 0 Å². The highest BCUT2D eigenvalue weighted by atomic mass is 16.3. The van der Waals surface area contributed by atoms with Gasteiger partial charge in [-0.15, -0.1) is 0 Å². The zero-order valence-corrected chi connectivity index (χ0v) is 13.0. The van der Waals surface area contributed by atoms with Crippen molar-refractivity contribution in [1.82, 2.24) is 15.0 Å². The van der Waals surface area contributed by atoms with E-state index in [0.29, 0.717) is 18.4 Å². The number of aliphatic hydroxyl groups excluding tert-OH is 1. The minimum atomic E-state index is 0.0935. The van der Waals surface area contributed by atoms with E-state index >= 15 is 0 Å². The van der Waals surface area contributed by atoms with Gasteiger partial charge in [-0.3, -0.25) is 0 Å². The number of aromatic nitrogens is 3. The van der Waals surface area contributed by atoms with Crippen LogP contribution in [0.15, 0.2) is 0 Å². The van der Waals surface area contributed by atoms with Gasteiger partial charge in [0.2, 0.25) is 17.8 Å². The molecule has 1 fully saturated rings. The van der Waals surface area contributed by atoms with Crippen LogP contribution >= 0.6 is 0 Å². The Balaban J connectivity index is 2.26. The van der Waals surface area contributed by atoms with Crippen molar-refractivity contribution >= 4 is 17.8 Å². The third kappa shape index (κ3) is 4.17. The average molecular weight is 294 g/mol. The molecule has 2 rings (SSSR count). The summed E-state index contributed by atoms with van der Waals surface area (Å²) in [6.07, 6.45) is 3.40. The summed E-state index contributed by atoms with van der Waals surface area (Å²) < 4.78 is 0. The van der Waals surface area contributed by atoms with Gasteiger partial charge in [0.25, 0.3) is 0 Å². The van der Waals surface area contributed by atoms with Crippen LogP contribution in [0.4, 0.5) is 17.8 Å². The number of nitrogens with one attached hydrogen (secondary N) is 1. The van der Waals surface area contributed by atoms with E-state index in [9.17, 15) is 5.11 Å². The number of aliphatic hydroxyl groups is 1. The first kappa shape index (κ1) is 15.8. The summed E-state index contributed by atoms with van der Waals surface area (Å²) in [6.45, 7) is 8.38. The van der Waals surface area contributed by atoms with Crippen LogP contribution in [-0.4, -0.2) is 59.4 Å². The van der Waals surface area contributed by atoms with Crippen molar-refractivity contribution in [3.05, 3.63) is 0 Å². The lowest BCUT2D eigenvalue weighted by atomic mass is 10.4. The maximum Gasteiger partial charge on any atom is 0.232 e. The Morgan fingerprint density at radius 1 is 1.19 bits per heavy atom. The highest BCUT2D eigenvalue weighted by molar-refractivity contribution is 5.45. The van der Waals surface area contributed by atoms with Crippen LogP contribution in [0.2, 0.25) is 0 Å². The SMILES string of the molecule is CCCNc1nc(N(CC)CCO)nc(N2CCCC2)n1. The Bertz CT molecular complexity index is 435. The first-order chi connectivity index (χ1) is 10.3. The smallest absolute Gasteiger partial charge is 0.232 e. The van der Waals surface area contributed by atoms with E-state index in [1.807, 2.05) is 11.8 Å². The van der Waals surface area contributed by atoms with E-state index in [0.717, 1.165) is 38.5 Å². The lowest BCUT2D eigenvalue weighted by Gasteiger charge is -2.23. The molecule has 0 bridgehead atoms. The Morgan fingerprint density at radius 2 is 1.95 bits per heavy atom. The van der Waals surface area contributed by atoms with Crippen LogP contribution in [0.3, 0.4) is 0 Å². The second-order valence-electron chi connectivity index (χ2n) is 5.18. The van der Waals surface area contributed by atoms with Gasteiger partial charge >= 0.3 is 0 Å². The molecule has 21 heavy (non-hydrogen) atoms. The van der Waals surface area contributed by atoms with Crippen molar-refractivity contribution in [3.8, 4) is 0 Å². The van der Waals surface area contributed by atoms with Crippen LogP contribution in [0.1, 0.15) is 33.1 Å². The number of anilines is 3.